The molecule has 0 bridgehead atoms. The maximum absolute atomic E-state index is 13.1. The third-order valence-corrected chi connectivity index (χ3v) is 18.9. The van der Waals surface area contributed by atoms with Gasteiger partial charge in [0.25, 0.3) is 0 Å². The number of carbonyl (C=O) groups is 4. The van der Waals surface area contributed by atoms with Gasteiger partial charge in [-0.3, -0.25) is 37.3 Å². The second-order valence-corrected chi connectivity index (χ2v) is 29.7. The summed E-state index contributed by atoms with van der Waals surface area (Å²) in [6.07, 6.45) is 53.9. The molecule has 0 aromatic rings. The van der Waals surface area contributed by atoms with Crippen molar-refractivity contribution in [1.29, 1.82) is 0 Å². The quantitative estimate of drug-likeness (QED) is 0.0222. The Morgan fingerprint density at radius 3 is 0.739 bits per heavy atom. The lowest BCUT2D eigenvalue weighted by Gasteiger charge is -2.21. The van der Waals surface area contributed by atoms with Gasteiger partial charge >= 0.3 is 39.5 Å². The van der Waals surface area contributed by atoms with Crippen LogP contribution >= 0.6 is 15.6 Å². The molecule has 0 radical (unpaired) electrons. The van der Waals surface area contributed by atoms with E-state index in [9.17, 15) is 43.2 Å². The summed E-state index contributed by atoms with van der Waals surface area (Å²) in [6.45, 7) is 7.27. The van der Waals surface area contributed by atoms with Gasteiger partial charge in [-0.1, -0.05) is 330 Å². The Hall–Kier alpha value is -1.94. The number of unbranched alkanes of at least 4 members (excludes halogenated alkanes) is 45. The summed E-state index contributed by atoms with van der Waals surface area (Å²) >= 11 is 0. The van der Waals surface area contributed by atoms with Gasteiger partial charge in [0.2, 0.25) is 0 Å². The zero-order valence-corrected chi connectivity index (χ0v) is 61.5. The minimum Gasteiger partial charge on any atom is -0.462 e. The van der Waals surface area contributed by atoms with Crippen molar-refractivity contribution in [1.82, 2.24) is 0 Å². The van der Waals surface area contributed by atoms with E-state index in [0.717, 1.165) is 95.8 Å². The van der Waals surface area contributed by atoms with E-state index in [1.54, 1.807) is 0 Å². The molecule has 0 aromatic heterocycles. The van der Waals surface area contributed by atoms with Crippen molar-refractivity contribution in [2.24, 2.45) is 5.92 Å². The first kappa shape index (κ1) is 90.1. The number of aliphatic hydroxyl groups excluding tert-OH is 1. The third-order valence-electron chi connectivity index (χ3n) is 17.0. The molecule has 0 heterocycles. The van der Waals surface area contributed by atoms with E-state index in [1.165, 1.54) is 205 Å². The van der Waals surface area contributed by atoms with Crippen molar-refractivity contribution in [3.63, 3.8) is 0 Å². The van der Waals surface area contributed by atoms with E-state index in [0.29, 0.717) is 25.7 Å². The van der Waals surface area contributed by atoms with Crippen molar-refractivity contribution in [2.75, 3.05) is 39.6 Å². The number of phosphoric acid groups is 2. The highest BCUT2D eigenvalue weighted by Crippen LogP contribution is 2.45. The van der Waals surface area contributed by atoms with Gasteiger partial charge in [0.05, 0.1) is 26.4 Å². The number of esters is 4. The van der Waals surface area contributed by atoms with Crippen molar-refractivity contribution in [2.45, 2.75) is 400 Å². The smallest absolute Gasteiger partial charge is 0.462 e. The highest BCUT2D eigenvalue weighted by Gasteiger charge is 2.30. The SMILES string of the molecule is CCCCCCCCCCCCCCCCCCC(=O)O[C@H](COC(=O)CCCCCCCCCCCCC(C)C)COP(=O)(O)OC[C@@H](O)COP(=O)(O)OC[C@@H](COC(=O)CCCCCCCCCCCC)OC(=O)CCCCCCCCCCCCCCC. The Morgan fingerprint density at radius 2 is 0.500 bits per heavy atom. The molecule has 0 aliphatic rings. The fourth-order valence-corrected chi connectivity index (χ4v) is 12.8. The van der Waals surface area contributed by atoms with Gasteiger partial charge in [0.1, 0.15) is 19.3 Å². The number of carbonyl (C=O) groups excluding carboxylic acids is 4. The molecule has 546 valence electrons. The van der Waals surface area contributed by atoms with Crippen LogP contribution in [0.5, 0.6) is 0 Å². The van der Waals surface area contributed by atoms with Gasteiger partial charge in [-0.25, -0.2) is 9.13 Å². The fraction of sp³-hybridized carbons (Fsp3) is 0.945. The van der Waals surface area contributed by atoms with E-state index in [4.69, 9.17) is 37.0 Å². The van der Waals surface area contributed by atoms with Gasteiger partial charge in [-0.15, -0.1) is 0 Å². The number of ether oxygens (including phenoxy) is 4. The monoisotopic (exact) mass is 1350 g/mol. The average molecular weight is 1350 g/mol. The molecular formula is C73H142O17P2. The zero-order valence-electron chi connectivity index (χ0n) is 59.7. The second-order valence-electron chi connectivity index (χ2n) is 26.8. The van der Waals surface area contributed by atoms with Crippen molar-refractivity contribution >= 4 is 39.5 Å². The molecule has 0 amide bonds. The van der Waals surface area contributed by atoms with Crippen LogP contribution in [0.3, 0.4) is 0 Å². The van der Waals surface area contributed by atoms with Crippen LogP contribution in [0, 0.1) is 5.92 Å². The predicted molar refractivity (Wildman–Crippen MR) is 372 cm³/mol. The van der Waals surface area contributed by atoms with Crippen LogP contribution in [0.15, 0.2) is 0 Å². The van der Waals surface area contributed by atoms with Crippen molar-refractivity contribution in [3.05, 3.63) is 0 Å². The first-order chi connectivity index (χ1) is 44.5. The fourth-order valence-electron chi connectivity index (χ4n) is 11.2. The summed E-state index contributed by atoms with van der Waals surface area (Å²) in [6, 6.07) is 0. The van der Waals surface area contributed by atoms with Gasteiger partial charge in [-0.2, -0.15) is 0 Å². The molecule has 0 aliphatic carbocycles. The highest BCUT2D eigenvalue weighted by atomic mass is 31.2. The van der Waals surface area contributed by atoms with E-state index < -0.39 is 97.5 Å². The maximum Gasteiger partial charge on any atom is 0.472 e. The van der Waals surface area contributed by atoms with Crippen LogP contribution in [0.2, 0.25) is 0 Å². The molecule has 92 heavy (non-hydrogen) atoms. The largest absolute Gasteiger partial charge is 0.472 e. The Morgan fingerprint density at radius 1 is 0.293 bits per heavy atom. The summed E-state index contributed by atoms with van der Waals surface area (Å²) in [5.41, 5.74) is 0. The topological polar surface area (TPSA) is 237 Å². The molecule has 17 nitrogen and oxygen atoms in total. The van der Waals surface area contributed by atoms with Gasteiger partial charge in [0.15, 0.2) is 12.2 Å². The van der Waals surface area contributed by atoms with Crippen LogP contribution < -0.4 is 0 Å². The average Bonchev–Trinajstić information content (AvgIpc) is 2.41. The minimum absolute atomic E-state index is 0.108. The Balaban J connectivity index is 5.24. The molecule has 0 aromatic carbocycles. The van der Waals surface area contributed by atoms with Crippen LogP contribution in [-0.4, -0.2) is 96.7 Å². The van der Waals surface area contributed by atoms with Crippen LogP contribution in [-0.2, 0) is 65.4 Å². The maximum atomic E-state index is 13.1. The van der Waals surface area contributed by atoms with E-state index >= 15 is 0 Å². The zero-order chi connectivity index (χ0) is 67.7. The summed E-state index contributed by atoms with van der Waals surface area (Å²) < 4.78 is 68.4. The second kappa shape index (κ2) is 66.3. The summed E-state index contributed by atoms with van der Waals surface area (Å²) in [7, 11) is -9.90. The molecule has 0 saturated heterocycles. The Labute approximate surface area is 562 Å². The first-order valence-corrected chi connectivity index (χ1v) is 41.1. The lowest BCUT2D eigenvalue weighted by atomic mass is 10.0. The Bertz CT molecular complexity index is 1770. The molecule has 0 spiro atoms. The first-order valence-electron chi connectivity index (χ1n) is 38.1. The van der Waals surface area contributed by atoms with Gasteiger partial charge < -0.3 is 33.8 Å². The van der Waals surface area contributed by atoms with E-state index in [-0.39, 0.29) is 25.7 Å². The predicted octanol–water partition coefficient (Wildman–Crippen LogP) is 21.3. The summed E-state index contributed by atoms with van der Waals surface area (Å²) in [5, 5.41) is 10.6. The lowest BCUT2D eigenvalue weighted by Crippen LogP contribution is -2.30. The molecule has 3 N–H and O–H groups in total. The van der Waals surface area contributed by atoms with E-state index in [2.05, 4.69) is 34.6 Å². The Kier molecular flexibility index (Phi) is 64.9. The molecule has 0 saturated carbocycles. The molecule has 0 rings (SSSR count). The van der Waals surface area contributed by atoms with Crippen LogP contribution in [0.25, 0.3) is 0 Å². The number of rotatable bonds is 73. The number of phosphoric ester groups is 2. The lowest BCUT2D eigenvalue weighted by molar-refractivity contribution is -0.161. The number of hydrogen-bond donors (Lipinski definition) is 3. The van der Waals surface area contributed by atoms with Crippen LogP contribution in [0.1, 0.15) is 381 Å². The number of aliphatic hydroxyl groups is 1. The molecule has 0 aliphatic heterocycles. The normalized spacial score (nSPS) is 14.0. The standard InChI is InChI=1S/C73H142O17P2/c1-6-9-12-15-18-21-24-26-27-28-30-32-39-44-49-54-59-73(78)90-69(63-84-71(76)57-52-47-42-37-34-33-35-40-45-50-55-66(4)5)65-88-92(81,82)86-61-67(74)60-85-91(79,80)87-64-68(62-83-70(75)56-51-46-41-36-23-20-17-14-11-8-3)89-72(77)58-53-48-43-38-31-29-25-22-19-16-13-10-7-2/h66-69,74H,6-65H2,1-5H3,(H,79,80)(H,81,82)/t67-,68+,69+/m0/s1. The molecule has 19 heteroatoms. The molecule has 2 unspecified atom stereocenters. The van der Waals surface area contributed by atoms with E-state index in [1.807, 2.05) is 0 Å². The summed E-state index contributed by atoms with van der Waals surface area (Å²) in [4.78, 5) is 72.7. The summed E-state index contributed by atoms with van der Waals surface area (Å²) in [5.74, 6) is -1.36. The molecule has 5 atom stereocenters. The van der Waals surface area contributed by atoms with Gasteiger partial charge in [-0.05, 0) is 31.6 Å². The molecule has 0 fully saturated rings. The van der Waals surface area contributed by atoms with Crippen molar-refractivity contribution < 1.29 is 80.2 Å². The third kappa shape index (κ3) is 66.7. The minimum atomic E-state index is -4.95. The highest BCUT2D eigenvalue weighted by molar-refractivity contribution is 7.47. The van der Waals surface area contributed by atoms with Crippen molar-refractivity contribution in [3.8, 4) is 0 Å². The van der Waals surface area contributed by atoms with Crippen LogP contribution in [0.4, 0.5) is 0 Å². The number of hydrogen-bond acceptors (Lipinski definition) is 15. The van der Waals surface area contributed by atoms with Gasteiger partial charge in [0, 0.05) is 25.7 Å². The molecular weight excluding hydrogens is 1210 g/mol.